The highest BCUT2D eigenvalue weighted by atomic mass is 32.2. The summed E-state index contributed by atoms with van der Waals surface area (Å²) in [4.78, 5) is 0.156. The number of benzene rings is 1. The highest BCUT2D eigenvalue weighted by Gasteiger charge is 2.10. The van der Waals surface area contributed by atoms with E-state index < -0.39 is 10.0 Å². The van der Waals surface area contributed by atoms with Gasteiger partial charge in [-0.25, -0.2) is 13.6 Å². The summed E-state index contributed by atoms with van der Waals surface area (Å²) >= 11 is 0. The Labute approximate surface area is 121 Å². The SMILES string of the molecule is COCCCCCNC(C)c1cccc(S(N)(=O)=O)c1. The molecule has 0 spiro atoms. The van der Waals surface area contributed by atoms with Gasteiger partial charge in [-0.15, -0.1) is 0 Å². The fraction of sp³-hybridized carbons (Fsp3) is 0.571. The summed E-state index contributed by atoms with van der Waals surface area (Å²) in [5.41, 5.74) is 0.924. The molecule has 5 nitrogen and oxygen atoms in total. The lowest BCUT2D eigenvalue weighted by atomic mass is 10.1. The lowest BCUT2D eigenvalue weighted by molar-refractivity contribution is 0.192. The Morgan fingerprint density at radius 2 is 2.05 bits per heavy atom. The van der Waals surface area contributed by atoms with E-state index in [1.165, 1.54) is 6.07 Å². The smallest absolute Gasteiger partial charge is 0.238 e. The lowest BCUT2D eigenvalue weighted by Crippen LogP contribution is -2.20. The molecule has 0 heterocycles. The summed E-state index contributed by atoms with van der Waals surface area (Å²) in [7, 11) is -1.93. The van der Waals surface area contributed by atoms with E-state index in [9.17, 15) is 8.42 Å². The fourth-order valence-electron chi connectivity index (χ4n) is 1.95. The van der Waals surface area contributed by atoms with E-state index in [0.717, 1.165) is 38.0 Å². The standard InChI is InChI=1S/C14H24N2O3S/c1-12(16-9-4-3-5-10-19-2)13-7-6-8-14(11-13)20(15,17)18/h6-8,11-12,16H,3-5,9-10H2,1-2H3,(H2,15,17,18). The third kappa shape index (κ3) is 6.00. The molecule has 0 fully saturated rings. The lowest BCUT2D eigenvalue weighted by Gasteiger charge is -2.15. The molecule has 0 bridgehead atoms. The second-order valence-corrected chi connectivity index (χ2v) is 6.41. The van der Waals surface area contributed by atoms with Crippen molar-refractivity contribution in [1.82, 2.24) is 5.32 Å². The molecule has 0 aliphatic carbocycles. The van der Waals surface area contributed by atoms with E-state index in [2.05, 4.69) is 5.32 Å². The zero-order valence-electron chi connectivity index (χ0n) is 12.1. The molecule has 1 unspecified atom stereocenters. The Balaban J connectivity index is 2.45. The minimum Gasteiger partial charge on any atom is -0.385 e. The average Bonchev–Trinajstić information content (AvgIpc) is 2.41. The van der Waals surface area contributed by atoms with E-state index >= 15 is 0 Å². The van der Waals surface area contributed by atoms with Crippen LogP contribution in [-0.4, -0.2) is 28.7 Å². The van der Waals surface area contributed by atoms with Crippen LogP contribution in [0.15, 0.2) is 29.2 Å². The van der Waals surface area contributed by atoms with E-state index in [4.69, 9.17) is 9.88 Å². The molecule has 0 aliphatic heterocycles. The van der Waals surface area contributed by atoms with Gasteiger partial charge < -0.3 is 10.1 Å². The third-order valence-electron chi connectivity index (χ3n) is 3.16. The van der Waals surface area contributed by atoms with Crippen molar-refractivity contribution in [3.8, 4) is 0 Å². The molecule has 0 aliphatic rings. The molecule has 1 rings (SSSR count). The highest BCUT2D eigenvalue weighted by Crippen LogP contribution is 2.16. The fourth-order valence-corrected chi connectivity index (χ4v) is 2.51. The first kappa shape index (κ1) is 17.1. The van der Waals surface area contributed by atoms with Crippen molar-refractivity contribution < 1.29 is 13.2 Å². The van der Waals surface area contributed by atoms with Gasteiger partial charge in [0.25, 0.3) is 0 Å². The number of sulfonamides is 1. The van der Waals surface area contributed by atoms with Gasteiger partial charge in [-0.05, 0) is 50.4 Å². The summed E-state index contributed by atoms with van der Waals surface area (Å²) in [6, 6.07) is 6.84. The van der Waals surface area contributed by atoms with Crippen LogP contribution >= 0.6 is 0 Å². The van der Waals surface area contributed by atoms with Crippen LogP contribution < -0.4 is 10.5 Å². The van der Waals surface area contributed by atoms with Crippen LogP contribution in [0.25, 0.3) is 0 Å². The van der Waals surface area contributed by atoms with Gasteiger partial charge in [0.05, 0.1) is 4.90 Å². The second kappa shape index (κ2) is 8.36. The van der Waals surface area contributed by atoms with Crippen LogP contribution in [0.1, 0.15) is 37.8 Å². The summed E-state index contributed by atoms with van der Waals surface area (Å²) in [6.45, 7) is 3.70. The maximum atomic E-state index is 11.3. The van der Waals surface area contributed by atoms with Crippen LogP contribution in [0.4, 0.5) is 0 Å². The molecule has 6 heteroatoms. The first-order valence-electron chi connectivity index (χ1n) is 6.80. The summed E-state index contributed by atoms with van der Waals surface area (Å²) in [6.07, 6.45) is 3.25. The van der Waals surface area contributed by atoms with Crippen molar-refractivity contribution in [3.05, 3.63) is 29.8 Å². The normalized spacial score (nSPS) is 13.3. The first-order chi connectivity index (χ1) is 9.45. The minimum atomic E-state index is -3.64. The van der Waals surface area contributed by atoms with Gasteiger partial charge in [0.2, 0.25) is 10.0 Å². The molecule has 114 valence electrons. The Bertz CT molecular complexity index is 503. The Morgan fingerprint density at radius 1 is 1.30 bits per heavy atom. The average molecular weight is 300 g/mol. The molecule has 0 saturated heterocycles. The molecule has 0 radical (unpaired) electrons. The number of nitrogens with two attached hydrogens (primary N) is 1. The maximum absolute atomic E-state index is 11.3. The predicted molar refractivity (Wildman–Crippen MR) is 80.0 cm³/mol. The summed E-state index contributed by atoms with van der Waals surface area (Å²) in [5.74, 6) is 0. The van der Waals surface area contributed by atoms with Crippen LogP contribution in [0.2, 0.25) is 0 Å². The summed E-state index contributed by atoms with van der Waals surface area (Å²) < 4.78 is 27.6. The molecule has 0 saturated carbocycles. The van der Waals surface area contributed by atoms with Crippen LogP contribution in [0.5, 0.6) is 0 Å². The molecule has 1 aromatic rings. The monoisotopic (exact) mass is 300 g/mol. The van der Waals surface area contributed by atoms with Gasteiger partial charge >= 0.3 is 0 Å². The van der Waals surface area contributed by atoms with Crippen LogP contribution in [0.3, 0.4) is 0 Å². The summed E-state index contributed by atoms with van der Waals surface area (Å²) in [5, 5.41) is 8.51. The number of methoxy groups -OCH3 is 1. The molecule has 1 aromatic carbocycles. The minimum absolute atomic E-state index is 0.0964. The van der Waals surface area contributed by atoms with Crippen molar-refractivity contribution in [1.29, 1.82) is 0 Å². The molecule has 0 aromatic heterocycles. The second-order valence-electron chi connectivity index (χ2n) is 4.85. The number of nitrogens with one attached hydrogen (secondary N) is 1. The Morgan fingerprint density at radius 3 is 2.70 bits per heavy atom. The van der Waals surface area contributed by atoms with E-state index in [1.54, 1.807) is 19.2 Å². The van der Waals surface area contributed by atoms with Crippen molar-refractivity contribution in [3.63, 3.8) is 0 Å². The molecule has 3 N–H and O–H groups in total. The molecule has 20 heavy (non-hydrogen) atoms. The van der Waals surface area contributed by atoms with Gasteiger partial charge in [0.1, 0.15) is 0 Å². The molecule has 0 amide bonds. The van der Waals surface area contributed by atoms with Gasteiger partial charge in [-0.2, -0.15) is 0 Å². The third-order valence-corrected chi connectivity index (χ3v) is 4.07. The Hall–Kier alpha value is -0.950. The number of hydrogen-bond acceptors (Lipinski definition) is 4. The van der Waals surface area contributed by atoms with E-state index in [1.807, 2.05) is 13.0 Å². The Kier molecular flexibility index (Phi) is 7.15. The van der Waals surface area contributed by atoms with Crippen molar-refractivity contribution in [2.24, 2.45) is 5.14 Å². The largest absolute Gasteiger partial charge is 0.385 e. The van der Waals surface area contributed by atoms with Crippen molar-refractivity contribution in [2.75, 3.05) is 20.3 Å². The zero-order valence-corrected chi connectivity index (χ0v) is 12.9. The van der Waals surface area contributed by atoms with E-state index in [-0.39, 0.29) is 10.9 Å². The van der Waals surface area contributed by atoms with Gasteiger partial charge in [-0.1, -0.05) is 12.1 Å². The van der Waals surface area contributed by atoms with Gasteiger partial charge in [-0.3, -0.25) is 0 Å². The van der Waals surface area contributed by atoms with Gasteiger partial charge in [0.15, 0.2) is 0 Å². The predicted octanol–water partition coefficient (Wildman–Crippen LogP) is 1.80. The van der Waals surface area contributed by atoms with Crippen molar-refractivity contribution >= 4 is 10.0 Å². The van der Waals surface area contributed by atoms with Crippen LogP contribution in [0, 0.1) is 0 Å². The molecular formula is C14H24N2O3S. The highest BCUT2D eigenvalue weighted by molar-refractivity contribution is 7.89. The number of hydrogen-bond donors (Lipinski definition) is 2. The number of unbranched alkanes of at least 4 members (excludes halogenated alkanes) is 2. The molecular weight excluding hydrogens is 276 g/mol. The maximum Gasteiger partial charge on any atom is 0.238 e. The van der Waals surface area contributed by atoms with E-state index in [0.29, 0.717) is 0 Å². The van der Waals surface area contributed by atoms with Crippen LogP contribution in [-0.2, 0) is 14.8 Å². The molecule has 1 atom stereocenters. The first-order valence-corrected chi connectivity index (χ1v) is 8.35. The number of primary sulfonamides is 1. The van der Waals surface area contributed by atoms with Gasteiger partial charge in [0, 0.05) is 19.8 Å². The number of ether oxygens (including phenoxy) is 1. The topological polar surface area (TPSA) is 81.4 Å². The van der Waals surface area contributed by atoms with Crippen molar-refractivity contribution in [2.45, 2.75) is 37.1 Å². The number of rotatable bonds is 9. The quantitative estimate of drug-likeness (QED) is 0.681. The zero-order chi connectivity index (χ0) is 15.0.